The highest BCUT2D eigenvalue weighted by Gasteiger charge is 2.14. The van der Waals surface area contributed by atoms with E-state index in [9.17, 15) is 4.79 Å². The van der Waals surface area contributed by atoms with E-state index < -0.39 is 0 Å². The summed E-state index contributed by atoms with van der Waals surface area (Å²) in [5, 5.41) is 4.20. The highest BCUT2D eigenvalue weighted by Crippen LogP contribution is 2.32. The van der Waals surface area contributed by atoms with Gasteiger partial charge < -0.3 is 10.1 Å². The van der Waals surface area contributed by atoms with E-state index in [1.54, 1.807) is 11.8 Å². The van der Waals surface area contributed by atoms with E-state index in [-0.39, 0.29) is 12.4 Å². The van der Waals surface area contributed by atoms with Gasteiger partial charge in [0.1, 0.15) is 0 Å². The second-order valence-corrected chi connectivity index (χ2v) is 6.95. The molecule has 0 aromatic heterocycles. The number of carbonyl (C=O) groups excluding carboxylic acids is 1. The molecule has 0 spiro atoms. The van der Waals surface area contributed by atoms with E-state index in [0.717, 1.165) is 27.9 Å². The third kappa shape index (κ3) is 4.76. The van der Waals surface area contributed by atoms with E-state index in [0.29, 0.717) is 6.61 Å². The molecule has 26 heavy (non-hydrogen) atoms. The smallest absolute Gasteiger partial charge is 0.311 e. The molecule has 0 unspecified atom stereocenters. The number of para-hydroxylation sites is 2. The molecule has 0 radical (unpaired) electrons. The molecule has 0 atom stereocenters. The lowest BCUT2D eigenvalue weighted by atomic mass is 10.1. The predicted octanol–water partition coefficient (Wildman–Crippen LogP) is 5.22. The summed E-state index contributed by atoms with van der Waals surface area (Å²) in [7, 11) is 0. The Morgan fingerprint density at radius 3 is 2.73 bits per heavy atom. The van der Waals surface area contributed by atoms with Crippen LogP contribution in [0.25, 0.3) is 0 Å². The molecule has 0 fully saturated rings. The van der Waals surface area contributed by atoms with Crippen molar-refractivity contribution in [3.63, 3.8) is 0 Å². The highest BCUT2D eigenvalue weighted by atomic mass is 32.2. The number of esters is 1. The number of aryl methyl sites for hydroxylation is 1. The van der Waals surface area contributed by atoms with Crippen LogP contribution in [0.1, 0.15) is 24.5 Å². The summed E-state index contributed by atoms with van der Waals surface area (Å²) in [4.78, 5) is 16.7. The minimum Gasteiger partial charge on any atom is -0.466 e. The Kier molecular flexibility index (Phi) is 6.12. The fourth-order valence-electron chi connectivity index (χ4n) is 2.65. The van der Waals surface area contributed by atoms with E-state index in [1.807, 2.05) is 43.3 Å². The first-order chi connectivity index (χ1) is 12.7. The molecule has 0 saturated heterocycles. The Hall–Kier alpha value is -2.53. The summed E-state index contributed by atoms with van der Waals surface area (Å²) in [6.45, 7) is 4.31. The first-order valence-electron chi connectivity index (χ1n) is 8.64. The average molecular weight is 366 g/mol. The van der Waals surface area contributed by atoms with Crippen molar-refractivity contribution < 1.29 is 9.53 Å². The van der Waals surface area contributed by atoms with Crippen molar-refractivity contribution in [2.75, 3.05) is 11.9 Å². The third-order valence-corrected chi connectivity index (χ3v) is 4.96. The van der Waals surface area contributed by atoms with Gasteiger partial charge in [-0.05, 0) is 43.2 Å². The number of benzene rings is 2. The van der Waals surface area contributed by atoms with Gasteiger partial charge in [0, 0.05) is 11.4 Å². The number of nitrogens with zero attached hydrogens (tertiary/aromatic N) is 1. The second kappa shape index (κ2) is 8.72. The van der Waals surface area contributed by atoms with Crippen LogP contribution in [-0.4, -0.2) is 17.6 Å². The van der Waals surface area contributed by atoms with E-state index in [2.05, 4.69) is 30.4 Å². The predicted molar refractivity (Wildman–Crippen MR) is 109 cm³/mol. The topological polar surface area (TPSA) is 50.7 Å². The van der Waals surface area contributed by atoms with Crippen molar-refractivity contribution in [3.05, 3.63) is 71.4 Å². The van der Waals surface area contributed by atoms with Crippen LogP contribution in [0.5, 0.6) is 0 Å². The Bertz CT molecular complexity index is 859. The molecule has 1 heterocycles. The van der Waals surface area contributed by atoms with Gasteiger partial charge in [0.2, 0.25) is 0 Å². The molecule has 3 rings (SSSR count). The van der Waals surface area contributed by atoms with Crippen molar-refractivity contribution in [2.24, 2.45) is 4.99 Å². The van der Waals surface area contributed by atoms with Crippen molar-refractivity contribution in [1.82, 2.24) is 0 Å². The molecule has 0 saturated carbocycles. The van der Waals surface area contributed by atoms with Gasteiger partial charge in [-0.25, -0.2) is 4.99 Å². The number of thioether (sulfide) groups is 1. The number of rotatable bonds is 5. The van der Waals surface area contributed by atoms with Crippen LogP contribution in [0.3, 0.4) is 0 Å². The number of nitrogens with one attached hydrogen (secondary N) is 1. The van der Waals surface area contributed by atoms with Gasteiger partial charge in [-0.1, -0.05) is 36.4 Å². The van der Waals surface area contributed by atoms with E-state index in [4.69, 9.17) is 9.73 Å². The first-order valence-corrected chi connectivity index (χ1v) is 9.62. The minimum atomic E-state index is -0.242. The summed E-state index contributed by atoms with van der Waals surface area (Å²) in [6.07, 6.45) is 2.14. The summed E-state index contributed by atoms with van der Waals surface area (Å²) in [5.74, 6) is 0.588. The van der Waals surface area contributed by atoms with Gasteiger partial charge in [0.05, 0.1) is 29.4 Å². The SMILES string of the molecule is CCOC(=O)CC1=CC(SCc2ccccc2C)=Nc2ccccc2N1. The molecule has 1 aliphatic rings. The van der Waals surface area contributed by atoms with Crippen LogP contribution < -0.4 is 5.32 Å². The number of hydrogen-bond donors (Lipinski definition) is 1. The zero-order chi connectivity index (χ0) is 18.4. The molecule has 1 N–H and O–H groups in total. The zero-order valence-corrected chi connectivity index (χ0v) is 15.8. The normalized spacial score (nSPS) is 13.0. The van der Waals surface area contributed by atoms with Gasteiger partial charge in [0.25, 0.3) is 0 Å². The molecule has 134 valence electrons. The van der Waals surface area contributed by atoms with Crippen LogP contribution in [0.15, 0.2) is 65.3 Å². The van der Waals surface area contributed by atoms with Crippen LogP contribution in [0, 0.1) is 6.92 Å². The van der Waals surface area contributed by atoms with Crippen molar-refractivity contribution in [3.8, 4) is 0 Å². The molecule has 0 aliphatic carbocycles. The van der Waals surface area contributed by atoms with Crippen LogP contribution in [0.2, 0.25) is 0 Å². The molecule has 4 nitrogen and oxygen atoms in total. The van der Waals surface area contributed by atoms with Crippen molar-refractivity contribution in [2.45, 2.75) is 26.0 Å². The monoisotopic (exact) mass is 366 g/mol. The fourth-order valence-corrected chi connectivity index (χ4v) is 3.66. The number of ether oxygens (including phenoxy) is 1. The Balaban J connectivity index is 1.83. The molecule has 2 aromatic carbocycles. The van der Waals surface area contributed by atoms with E-state index >= 15 is 0 Å². The van der Waals surface area contributed by atoms with Gasteiger partial charge in [0.15, 0.2) is 0 Å². The maximum absolute atomic E-state index is 11.9. The molecular weight excluding hydrogens is 344 g/mol. The summed E-state index contributed by atoms with van der Waals surface area (Å²) in [5.41, 5.74) is 5.11. The quantitative estimate of drug-likeness (QED) is 0.737. The zero-order valence-electron chi connectivity index (χ0n) is 15.0. The lowest BCUT2D eigenvalue weighted by Gasteiger charge is -2.10. The lowest BCUT2D eigenvalue weighted by molar-refractivity contribution is -0.142. The van der Waals surface area contributed by atoms with Gasteiger partial charge >= 0.3 is 5.97 Å². The molecule has 0 amide bonds. The second-order valence-electron chi connectivity index (χ2n) is 5.96. The Labute approximate surface area is 158 Å². The average Bonchev–Trinajstić information content (AvgIpc) is 2.79. The standard InChI is InChI=1S/C21H22N2O2S/c1-3-25-21(24)13-17-12-20(23-19-11-7-6-10-18(19)22-17)26-14-16-9-5-4-8-15(16)2/h4-12,22H,3,13-14H2,1-2H3. The molecule has 2 aromatic rings. The van der Waals surface area contributed by atoms with Crippen molar-refractivity contribution in [1.29, 1.82) is 0 Å². The number of aliphatic imine (C=N–C) groups is 1. The first kappa shape index (κ1) is 18.3. The number of anilines is 1. The van der Waals surface area contributed by atoms with Crippen LogP contribution in [-0.2, 0) is 15.3 Å². The van der Waals surface area contributed by atoms with Crippen LogP contribution in [0.4, 0.5) is 11.4 Å². The number of hydrogen-bond acceptors (Lipinski definition) is 5. The fraction of sp³-hybridized carbons (Fsp3) is 0.238. The van der Waals surface area contributed by atoms with Gasteiger partial charge in [-0.3, -0.25) is 4.79 Å². The summed E-state index contributed by atoms with van der Waals surface area (Å²) in [6, 6.07) is 16.2. The van der Waals surface area contributed by atoms with Gasteiger partial charge in [-0.2, -0.15) is 0 Å². The summed E-state index contributed by atoms with van der Waals surface area (Å²) < 4.78 is 5.09. The van der Waals surface area contributed by atoms with Crippen LogP contribution >= 0.6 is 11.8 Å². The van der Waals surface area contributed by atoms with Gasteiger partial charge in [-0.15, -0.1) is 11.8 Å². The number of carbonyl (C=O) groups is 1. The Morgan fingerprint density at radius 2 is 1.92 bits per heavy atom. The third-order valence-electron chi connectivity index (χ3n) is 4.00. The largest absolute Gasteiger partial charge is 0.466 e. The highest BCUT2D eigenvalue weighted by molar-refractivity contribution is 8.13. The van der Waals surface area contributed by atoms with E-state index in [1.165, 1.54) is 11.1 Å². The molecule has 0 bridgehead atoms. The maximum Gasteiger partial charge on any atom is 0.311 e. The minimum absolute atomic E-state index is 0.201. The molecule has 5 heteroatoms. The number of fused-ring (bicyclic) bond motifs is 1. The molecule has 1 aliphatic heterocycles. The Morgan fingerprint density at radius 1 is 1.15 bits per heavy atom. The van der Waals surface area contributed by atoms with Crippen molar-refractivity contribution >= 4 is 34.1 Å². The maximum atomic E-state index is 11.9. The summed E-state index contributed by atoms with van der Waals surface area (Å²) >= 11 is 1.67. The molecular formula is C21H22N2O2S. The lowest BCUT2D eigenvalue weighted by Crippen LogP contribution is -2.10.